The third-order valence-electron chi connectivity index (χ3n) is 4.99. The van der Waals surface area contributed by atoms with Crippen LogP contribution in [0.1, 0.15) is 37.0 Å². The second kappa shape index (κ2) is 9.53. The summed E-state index contributed by atoms with van der Waals surface area (Å²) in [5.74, 6) is 0.334. The Morgan fingerprint density at radius 3 is 2.72 bits per heavy atom. The second-order valence-electron chi connectivity index (χ2n) is 6.86. The van der Waals surface area contributed by atoms with Gasteiger partial charge in [-0.25, -0.2) is 0 Å². The molecule has 1 aromatic carbocycles. The number of halogens is 1. The largest absolute Gasteiger partial charge is 0.375 e. The van der Waals surface area contributed by atoms with E-state index in [0.717, 1.165) is 26.0 Å². The molecule has 2 fully saturated rings. The average Bonchev–Trinajstić information content (AvgIpc) is 2.61. The SMILES string of the molecule is Cc1ccc(C2OCCCC2CNC(=O)[C@H]2NCCO[C@@H]2C)cc1.Cl. The summed E-state index contributed by atoms with van der Waals surface area (Å²) >= 11 is 0. The van der Waals surface area contributed by atoms with Crippen LogP contribution < -0.4 is 10.6 Å². The summed E-state index contributed by atoms with van der Waals surface area (Å²) in [7, 11) is 0. The van der Waals surface area contributed by atoms with Crippen molar-refractivity contribution in [3.8, 4) is 0 Å². The maximum Gasteiger partial charge on any atom is 0.239 e. The Labute approximate surface area is 156 Å². The van der Waals surface area contributed by atoms with E-state index in [-0.39, 0.29) is 36.6 Å². The molecule has 0 bridgehead atoms. The summed E-state index contributed by atoms with van der Waals surface area (Å²) in [6.45, 7) is 6.84. The molecule has 0 aromatic heterocycles. The predicted octanol–water partition coefficient (Wildman–Crippen LogP) is 2.38. The fourth-order valence-electron chi connectivity index (χ4n) is 3.55. The molecular weight excluding hydrogens is 340 g/mol. The summed E-state index contributed by atoms with van der Waals surface area (Å²) in [6.07, 6.45) is 2.09. The minimum atomic E-state index is -0.263. The number of nitrogens with one attached hydrogen (secondary N) is 2. The highest BCUT2D eigenvalue weighted by Crippen LogP contribution is 2.33. The smallest absolute Gasteiger partial charge is 0.239 e. The van der Waals surface area contributed by atoms with Gasteiger partial charge in [0.15, 0.2) is 0 Å². The van der Waals surface area contributed by atoms with Crippen molar-refractivity contribution in [1.82, 2.24) is 10.6 Å². The van der Waals surface area contributed by atoms with Crippen LogP contribution in [-0.4, -0.2) is 44.4 Å². The molecule has 2 unspecified atom stereocenters. The first-order chi connectivity index (χ1) is 11.6. The van der Waals surface area contributed by atoms with Crippen molar-refractivity contribution in [2.24, 2.45) is 5.92 Å². The van der Waals surface area contributed by atoms with Gasteiger partial charge in [-0.1, -0.05) is 29.8 Å². The van der Waals surface area contributed by atoms with E-state index in [4.69, 9.17) is 9.47 Å². The average molecular weight is 369 g/mol. The molecule has 140 valence electrons. The van der Waals surface area contributed by atoms with E-state index in [1.807, 2.05) is 6.92 Å². The normalized spacial score (nSPS) is 29.5. The van der Waals surface area contributed by atoms with E-state index in [2.05, 4.69) is 41.8 Å². The minimum absolute atomic E-state index is 0. The van der Waals surface area contributed by atoms with Crippen molar-refractivity contribution in [3.63, 3.8) is 0 Å². The van der Waals surface area contributed by atoms with Gasteiger partial charge in [-0.15, -0.1) is 12.4 Å². The van der Waals surface area contributed by atoms with Crippen LogP contribution >= 0.6 is 12.4 Å². The van der Waals surface area contributed by atoms with Crippen molar-refractivity contribution < 1.29 is 14.3 Å². The fourth-order valence-corrected chi connectivity index (χ4v) is 3.55. The topological polar surface area (TPSA) is 59.6 Å². The van der Waals surface area contributed by atoms with E-state index < -0.39 is 0 Å². The molecule has 0 spiro atoms. The van der Waals surface area contributed by atoms with Crippen LogP contribution in [-0.2, 0) is 14.3 Å². The van der Waals surface area contributed by atoms with Gasteiger partial charge in [-0.2, -0.15) is 0 Å². The van der Waals surface area contributed by atoms with Gasteiger partial charge in [0.1, 0.15) is 6.04 Å². The molecule has 1 amide bonds. The lowest BCUT2D eigenvalue weighted by atomic mass is 9.89. The maximum absolute atomic E-state index is 12.4. The Hall–Kier alpha value is -1.14. The number of amides is 1. The molecule has 0 aliphatic carbocycles. The Morgan fingerprint density at radius 1 is 1.24 bits per heavy atom. The van der Waals surface area contributed by atoms with Crippen molar-refractivity contribution in [2.75, 3.05) is 26.3 Å². The Morgan fingerprint density at radius 2 is 2.00 bits per heavy atom. The van der Waals surface area contributed by atoms with Crippen molar-refractivity contribution in [3.05, 3.63) is 35.4 Å². The summed E-state index contributed by atoms with van der Waals surface area (Å²) in [6, 6.07) is 8.25. The van der Waals surface area contributed by atoms with Crippen LogP contribution in [0.3, 0.4) is 0 Å². The molecule has 4 atom stereocenters. The summed E-state index contributed by atoms with van der Waals surface area (Å²) in [5, 5.41) is 6.34. The van der Waals surface area contributed by atoms with Crippen LogP contribution in [0, 0.1) is 12.8 Å². The van der Waals surface area contributed by atoms with Crippen molar-refractivity contribution >= 4 is 18.3 Å². The first-order valence-electron chi connectivity index (χ1n) is 8.96. The van der Waals surface area contributed by atoms with E-state index in [9.17, 15) is 4.79 Å². The van der Waals surface area contributed by atoms with Crippen LogP contribution in [0.15, 0.2) is 24.3 Å². The van der Waals surface area contributed by atoms with Gasteiger partial charge in [0.05, 0.1) is 18.8 Å². The summed E-state index contributed by atoms with van der Waals surface area (Å²) in [4.78, 5) is 12.4. The lowest BCUT2D eigenvalue weighted by molar-refractivity contribution is -0.129. The molecule has 2 saturated heterocycles. The van der Waals surface area contributed by atoms with E-state index in [1.165, 1.54) is 11.1 Å². The summed E-state index contributed by atoms with van der Waals surface area (Å²) in [5.41, 5.74) is 2.45. The third-order valence-corrected chi connectivity index (χ3v) is 4.99. The van der Waals surface area contributed by atoms with E-state index in [0.29, 0.717) is 19.1 Å². The highest BCUT2D eigenvalue weighted by Gasteiger charge is 2.31. The van der Waals surface area contributed by atoms with Crippen LogP contribution in [0.25, 0.3) is 0 Å². The zero-order chi connectivity index (χ0) is 16.9. The molecule has 2 aliphatic rings. The number of hydrogen-bond donors (Lipinski definition) is 2. The minimum Gasteiger partial charge on any atom is -0.375 e. The standard InChI is InChI=1S/C19H28N2O3.ClH/c1-13-5-7-15(8-6-13)18-16(4-3-10-24-18)12-21-19(22)17-14(2)23-11-9-20-17;/h5-8,14,16-18,20H,3-4,9-12H2,1-2H3,(H,21,22);1H/t14-,16?,17+,18?;/m1./s1. The molecule has 3 rings (SSSR count). The monoisotopic (exact) mass is 368 g/mol. The number of ether oxygens (including phenoxy) is 2. The number of morpholine rings is 1. The second-order valence-corrected chi connectivity index (χ2v) is 6.86. The van der Waals surface area contributed by atoms with Crippen LogP contribution in [0.2, 0.25) is 0 Å². The van der Waals surface area contributed by atoms with Gasteiger partial charge in [-0.05, 0) is 32.3 Å². The first-order valence-corrected chi connectivity index (χ1v) is 8.96. The Balaban J connectivity index is 0.00000225. The van der Waals surface area contributed by atoms with Crippen LogP contribution in [0.4, 0.5) is 0 Å². The highest BCUT2D eigenvalue weighted by molar-refractivity contribution is 5.85. The molecule has 2 aliphatic heterocycles. The number of carbonyl (C=O) groups excluding carboxylic acids is 1. The lowest BCUT2D eigenvalue weighted by Gasteiger charge is -2.34. The van der Waals surface area contributed by atoms with Gasteiger partial charge in [0.25, 0.3) is 0 Å². The maximum atomic E-state index is 12.4. The zero-order valence-corrected chi connectivity index (χ0v) is 15.8. The van der Waals surface area contributed by atoms with E-state index >= 15 is 0 Å². The first kappa shape index (κ1) is 20.2. The van der Waals surface area contributed by atoms with Crippen LogP contribution in [0.5, 0.6) is 0 Å². The molecule has 1 aromatic rings. The quantitative estimate of drug-likeness (QED) is 0.856. The molecule has 25 heavy (non-hydrogen) atoms. The predicted molar refractivity (Wildman–Crippen MR) is 100 cm³/mol. The van der Waals surface area contributed by atoms with Gasteiger partial charge in [-0.3, -0.25) is 4.79 Å². The van der Waals surface area contributed by atoms with Gasteiger partial charge in [0, 0.05) is 25.6 Å². The molecule has 0 saturated carbocycles. The number of aryl methyl sites for hydroxylation is 1. The number of hydrogen-bond acceptors (Lipinski definition) is 4. The molecule has 0 radical (unpaired) electrons. The molecule has 2 N–H and O–H groups in total. The van der Waals surface area contributed by atoms with E-state index in [1.54, 1.807) is 0 Å². The van der Waals surface area contributed by atoms with Gasteiger partial charge >= 0.3 is 0 Å². The number of carbonyl (C=O) groups is 1. The molecule has 2 heterocycles. The van der Waals surface area contributed by atoms with Crippen molar-refractivity contribution in [1.29, 1.82) is 0 Å². The number of rotatable bonds is 4. The summed E-state index contributed by atoms with van der Waals surface area (Å²) < 4.78 is 11.6. The van der Waals surface area contributed by atoms with Crippen molar-refractivity contribution in [2.45, 2.75) is 44.9 Å². The Kier molecular flexibility index (Phi) is 7.69. The van der Waals surface area contributed by atoms with Gasteiger partial charge < -0.3 is 20.1 Å². The molecule has 6 heteroatoms. The molecular formula is C19H29ClN2O3. The zero-order valence-electron chi connectivity index (χ0n) is 15.0. The molecule has 5 nitrogen and oxygen atoms in total. The Bertz CT molecular complexity index is 552. The number of benzene rings is 1. The highest BCUT2D eigenvalue weighted by atomic mass is 35.5. The third kappa shape index (κ3) is 5.17. The fraction of sp³-hybridized carbons (Fsp3) is 0.632. The lowest BCUT2D eigenvalue weighted by Crippen LogP contribution is -2.56. The van der Waals surface area contributed by atoms with Gasteiger partial charge in [0.2, 0.25) is 5.91 Å².